The third kappa shape index (κ3) is 3.44. The molecule has 0 atom stereocenters. The molecule has 0 amide bonds. The normalized spacial score (nSPS) is 10.3. The van der Waals surface area contributed by atoms with Crippen molar-refractivity contribution in [2.45, 2.75) is 20.4 Å². The van der Waals surface area contributed by atoms with E-state index in [0.717, 1.165) is 18.7 Å². The number of halogens is 1. The summed E-state index contributed by atoms with van der Waals surface area (Å²) < 4.78 is 14.1. The molecule has 20 heavy (non-hydrogen) atoms. The Kier molecular flexibility index (Phi) is 4.87. The molecule has 1 heterocycles. The summed E-state index contributed by atoms with van der Waals surface area (Å²) in [6.45, 7) is 6.16. The minimum absolute atomic E-state index is 0.188. The number of aromatic nitrogens is 2. The van der Waals surface area contributed by atoms with Gasteiger partial charge in [-0.15, -0.1) is 0 Å². The Morgan fingerprint density at radius 3 is 2.60 bits per heavy atom. The second kappa shape index (κ2) is 6.84. The first kappa shape index (κ1) is 14.2. The molecule has 0 unspecified atom stereocenters. The van der Waals surface area contributed by atoms with Crippen LogP contribution in [0.3, 0.4) is 0 Å². The zero-order valence-corrected chi connectivity index (χ0v) is 11.8. The highest BCUT2D eigenvalue weighted by molar-refractivity contribution is 5.49. The van der Waals surface area contributed by atoms with E-state index in [1.165, 1.54) is 0 Å². The summed E-state index contributed by atoms with van der Waals surface area (Å²) in [6.07, 6.45) is 4.87. The molecule has 0 saturated carbocycles. The van der Waals surface area contributed by atoms with E-state index in [4.69, 9.17) is 0 Å². The fourth-order valence-electron chi connectivity index (χ4n) is 2.06. The standard InChI is InChI=1S/C15H19FN4/c1-3-20(4-2)14-6-5-12(9-13(14)16)10-19-15-11-17-7-8-18-15/h5-9,11H,3-4,10H2,1-2H3,(H,18,19). The predicted molar refractivity (Wildman–Crippen MR) is 79.3 cm³/mol. The third-order valence-corrected chi connectivity index (χ3v) is 3.15. The van der Waals surface area contributed by atoms with Gasteiger partial charge in [-0.2, -0.15) is 0 Å². The maximum Gasteiger partial charge on any atom is 0.146 e. The number of hydrogen-bond donors (Lipinski definition) is 1. The lowest BCUT2D eigenvalue weighted by molar-refractivity contribution is 0.618. The minimum Gasteiger partial charge on any atom is -0.370 e. The molecule has 0 aliphatic carbocycles. The van der Waals surface area contributed by atoms with Crippen molar-refractivity contribution in [1.82, 2.24) is 9.97 Å². The van der Waals surface area contributed by atoms with Crippen molar-refractivity contribution in [1.29, 1.82) is 0 Å². The summed E-state index contributed by atoms with van der Waals surface area (Å²) in [5.41, 5.74) is 1.53. The van der Waals surface area contributed by atoms with Gasteiger partial charge in [0, 0.05) is 32.0 Å². The van der Waals surface area contributed by atoms with Crippen molar-refractivity contribution in [2.75, 3.05) is 23.3 Å². The first-order valence-electron chi connectivity index (χ1n) is 6.77. The van der Waals surface area contributed by atoms with Crippen LogP contribution in [0, 0.1) is 5.82 Å². The van der Waals surface area contributed by atoms with Gasteiger partial charge in [-0.05, 0) is 31.5 Å². The molecule has 1 aromatic carbocycles. The molecule has 0 aliphatic rings. The van der Waals surface area contributed by atoms with Crippen LogP contribution in [0.25, 0.3) is 0 Å². The van der Waals surface area contributed by atoms with E-state index in [1.54, 1.807) is 24.7 Å². The second-order valence-corrected chi connectivity index (χ2v) is 4.40. The molecule has 2 rings (SSSR count). The van der Waals surface area contributed by atoms with Gasteiger partial charge in [0.25, 0.3) is 0 Å². The molecule has 0 saturated heterocycles. The monoisotopic (exact) mass is 274 g/mol. The highest BCUT2D eigenvalue weighted by Crippen LogP contribution is 2.20. The number of anilines is 2. The van der Waals surface area contributed by atoms with E-state index in [9.17, 15) is 4.39 Å². The Morgan fingerprint density at radius 2 is 2.00 bits per heavy atom. The molecule has 0 bridgehead atoms. The average Bonchev–Trinajstić information content (AvgIpc) is 2.49. The summed E-state index contributed by atoms with van der Waals surface area (Å²) >= 11 is 0. The highest BCUT2D eigenvalue weighted by Gasteiger charge is 2.09. The average molecular weight is 274 g/mol. The van der Waals surface area contributed by atoms with E-state index in [2.05, 4.69) is 15.3 Å². The molecule has 0 radical (unpaired) electrons. The molecule has 106 valence electrons. The van der Waals surface area contributed by atoms with Gasteiger partial charge in [-0.25, -0.2) is 9.37 Å². The van der Waals surface area contributed by atoms with Gasteiger partial charge >= 0.3 is 0 Å². The van der Waals surface area contributed by atoms with E-state index >= 15 is 0 Å². The van der Waals surface area contributed by atoms with Crippen LogP contribution < -0.4 is 10.2 Å². The molecule has 1 aromatic heterocycles. The van der Waals surface area contributed by atoms with Crippen molar-refractivity contribution < 1.29 is 4.39 Å². The van der Waals surface area contributed by atoms with E-state index < -0.39 is 0 Å². The molecule has 5 heteroatoms. The number of nitrogens with one attached hydrogen (secondary N) is 1. The first-order chi connectivity index (χ1) is 9.74. The van der Waals surface area contributed by atoms with Crippen LogP contribution in [-0.4, -0.2) is 23.1 Å². The van der Waals surface area contributed by atoms with Crippen LogP contribution in [0.4, 0.5) is 15.9 Å². The molecule has 4 nitrogen and oxygen atoms in total. The van der Waals surface area contributed by atoms with Crippen molar-refractivity contribution >= 4 is 11.5 Å². The van der Waals surface area contributed by atoms with Gasteiger partial charge in [-0.3, -0.25) is 4.98 Å². The summed E-state index contributed by atoms with van der Waals surface area (Å²) in [6, 6.07) is 5.33. The Morgan fingerprint density at radius 1 is 1.20 bits per heavy atom. The van der Waals surface area contributed by atoms with Crippen molar-refractivity contribution in [3.05, 3.63) is 48.2 Å². The van der Waals surface area contributed by atoms with Crippen LogP contribution in [0.5, 0.6) is 0 Å². The van der Waals surface area contributed by atoms with Crippen LogP contribution in [0.2, 0.25) is 0 Å². The smallest absolute Gasteiger partial charge is 0.146 e. The lowest BCUT2D eigenvalue weighted by Crippen LogP contribution is -2.23. The van der Waals surface area contributed by atoms with E-state index in [1.807, 2.05) is 30.9 Å². The minimum atomic E-state index is -0.188. The number of rotatable bonds is 6. The zero-order valence-electron chi connectivity index (χ0n) is 11.8. The van der Waals surface area contributed by atoms with Crippen LogP contribution in [0.15, 0.2) is 36.8 Å². The number of hydrogen-bond acceptors (Lipinski definition) is 4. The maximum atomic E-state index is 14.1. The van der Waals surface area contributed by atoms with E-state index in [-0.39, 0.29) is 5.82 Å². The molecule has 2 aromatic rings. The predicted octanol–water partition coefficient (Wildman–Crippen LogP) is 3.07. The Bertz CT molecular complexity index is 541. The summed E-state index contributed by atoms with van der Waals surface area (Å²) in [5, 5.41) is 3.11. The van der Waals surface area contributed by atoms with E-state index in [0.29, 0.717) is 18.1 Å². The summed E-state index contributed by atoms with van der Waals surface area (Å²) in [7, 11) is 0. The van der Waals surface area contributed by atoms with Crippen LogP contribution in [-0.2, 0) is 6.54 Å². The highest BCUT2D eigenvalue weighted by atomic mass is 19.1. The topological polar surface area (TPSA) is 41.0 Å². The fraction of sp³-hybridized carbons (Fsp3) is 0.333. The Hall–Kier alpha value is -2.17. The fourth-order valence-corrected chi connectivity index (χ4v) is 2.06. The molecule has 0 fully saturated rings. The Balaban J connectivity index is 2.05. The third-order valence-electron chi connectivity index (χ3n) is 3.15. The first-order valence-corrected chi connectivity index (χ1v) is 6.77. The van der Waals surface area contributed by atoms with Crippen molar-refractivity contribution in [3.8, 4) is 0 Å². The van der Waals surface area contributed by atoms with Gasteiger partial charge in [0.05, 0.1) is 11.9 Å². The van der Waals surface area contributed by atoms with Gasteiger partial charge in [0.15, 0.2) is 0 Å². The summed E-state index contributed by atoms with van der Waals surface area (Å²) in [5.74, 6) is 0.493. The Labute approximate surface area is 118 Å². The van der Waals surface area contributed by atoms with Crippen LogP contribution >= 0.6 is 0 Å². The lowest BCUT2D eigenvalue weighted by Gasteiger charge is -2.22. The largest absolute Gasteiger partial charge is 0.370 e. The van der Waals surface area contributed by atoms with Crippen molar-refractivity contribution in [2.24, 2.45) is 0 Å². The zero-order chi connectivity index (χ0) is 14.4. The number of nitrogens with zero attached hydrogens (tertiary/aromatic N) is 3. The maximum absolute atomic E-state index is 14.1. The summed E-state index contributed by atoms with van der Waals surface area (Å²) in [4.78, 5) is 10.1. The van der Waals surface area contributed by atoms with Gasteiger partial charge in [0.2, 0.25) is 0 Å². The number of benzene rings is 1. The molecular weight excluding hydrogens is 255 g/mol. The van der Waals surface area contributed by atoms with Crippen LogP contribution in [0.1, 0.15) is 19.4 Å². The lowest BCUT2D eigenvalue weighted by atomic mass is 10.1. The van der Waals surface area contributed by atoms with Gasteiger partial charge in [-0.1, -0.05) is 6.07 Å². The quantitative estimate of drug-likeness (QED) is 0.879. The van der Waals surface area contributed by atoms with Gasteiger partial charge in [0.1, 0.15) is 11.6 Å². The molecule has 1 N–H and O–H groups in total. The molecule has 0 aliphatic heterocycles. The van der Waals surface area contributed by atoms with Crippen molar-refractivity contribution in [3.63, 3.8) is 0 Å². The second-order valence-electron chi connectivity index (χ2n) is 4.40. The molecular formula is C15H19FN4. The van der Waals surface area contributed by atoms with Gasteiger partial charge < -0.3 is 10.2 Å². The molecule has 0 spiro atoms. The SMILES string of the molecule is CCN(CC)c1ccc(CNc2cnccn2)cc1F.